The fraction of sp³-hybridized carbons (Fsp3) is 0.481. The highest BCUT2D eigenvalue weighted by atomic mass is 16.5. The Morgan fingerprint density at radius 2 is 1.74 bits per heavy atom. The van der Waals surface area contributed by atoms with Gasteiger partial charge in [-0.3, -0.25) is 4.90 Å². The minimum atomic E-state index is -0.483. The van der Waals surface area contributed by atoms with Crippen molar-refractivity contribution in [1.29, 1.82) is 0 Å². The number of aromatic hydroxyl groups is 1. The predicted molar refractivity (Wildman–Crippen MR) is 124 cm³/mol. The van der Waals surface area contributed by atoms with Crippen LogP contribution in [0.25, 0.3) is 6.08 Å². The molecule has 0 aromatic heterocycles. The third-order valence-corrected chi connectivity index (χ3v) is 7.18. The van der Waals surface area contributed by atoms with Gasteiger partial charge in [-0.1, -0.05) is 37.5 Å². The fourth-order valence-electron chi connectivity index (χ4n) is 5.43. The first kappa shape index (κ1) is 20.4. The van der Waals surface area contributed by atoms with Crippen molar-refractivity contribution in [3.05, 3.63) is 59.7 Å². The van der Waals surface area contributed by atoms with Gasteiger partial charge in [0.05, 0.1) is 0 Å². The molecule has 3 aliphatic rings. The summed E-state index contributed by atoms with van der Waals surface area (Å²) in [5.41, 5.74) is 1.70. The molecule has 0 spiro atoms. The van der Waals surface area contributed by atoms with Crippen molar-refractivity contribution in [1.82, 2.24) is 4.90 Å². The minimum Gasteiger partial charge on any atom is -0.508 e. The molecule has 1 saturated carbocycles. The van der Waals surface area contributed by atoms with Crippen LogP contribution in [0.15, 0.2) is 48.5 Å². The van der Waals surface area contributed by atoms with Crippen LogP contribution in [0.1, 0.15) is 56.1 Å². The number of hydrogen-bond donors (Lipinski definition) is 1. The summed E-state index contributed by atoms with van der Waals surface area (Å²) in [6.07, 6.45) is 13.2. The van der Waals surface area contributed by atoms with Crippen LogP contribution >= 0.6 is 0 Å². The lowest BCUT2D eigenvalue weighted by atomic mass is 9.78. The van der Waals surface area contributed by atoms with Crippen molar-refractivity contribution in [2.75, 3.05) is 26.2 Å². The van der Waals surface area contributed by atoms with Crippen molar-refractivity contribution < 1.29 is 14.6 Å². The van der Waals surface area contributed by atoms with Crippen LogP contribution < -0.4 is 9.47 Å². The Balaban J connectivity index is 1.33. The van der Waals surface area contributed by atoms with Gasteiger partial charge in [0.15, 0.2) is 5.60 Å². The summed E-state index contributed by atoms with van der Waals surface area (Å²) in [6.45, 7) is 4.13. The summed E-state index contributed by atoms with van der Waals surface area (Å²) in [5.74, 6) is 2.35. The summed E-state index contributed by atoms with van der Waals surface area (Å²) in [7, 11) is 0. The predicted octanol–water partition coefficient (Wildman–Crippen LogP) is 5.75. The molecule has 1 N–H and O–H groups in total. The Morgan fingerprint density at radius 3 is 2.52 bits per heavy atom. The van der Waals surface area contributed by atoms with Gasteiger partial charge < -0.3 is 14.6 Å². The number of phenolic OH excluding ortho intramolecular Hbond substituents is 1. The van der Waals surface area contributed by atoms with Crippen LogP contribution in [0.5, 0.6) is 17.2 Å². The molecule has 164 valence electrons. The van der Waals surface area contributed by atoms with E-state index < -0.39 is 5.60 Å². The summed E-state index contributed by atoms with van der Waals surface area (Å²) in [6, 6.07) is 13.8. The largest absolute Gasteiger partial charge is 0.508 e. The average molecular weight is 420 g/mol. The van der Waals surface area contributed by atoms with E-state index in [-0.39, 0.29) is 5.75 Å². The highest BCUT2D eigenvalue weighted by Gasteiger charge is 2.43. The second kappa shape index (κ2) is 8.96. The fourth-order valence-corrected chi connectivity index (χ4v) is 5.43. The molecule has 2 fully saturated rings. The van der Waals surface area contributed by atoms with E-state index in [1.54, 1.807) is 12.1 Å². The number of phenols is 1. The number of piperidine rings is 1. The van der Waals surface area contributed by atoms with Gasteiger partial charge in [0.2, 0.25) is 0 Å². The minimum absolute atomic E-state index is 0.242. The number of fused-ring (bicyclic) bond motifs is 1. The first-order valence-corrected chi connectivity index (χ1v) is 11.9. The molecule has 2 heterocycles. The van der Waals surface area contributed by atoms with E-state index in [1.165, 1.54) is 45.2 Å². The van der Waals surface area contributed by atoms with Crippen LogP contribution in [0.4, 0.5) is 0 Å². The quantitative estimate of drug-likeness (QED) is 0.647. The van der Waals surface area contributed by atoms with Gasteiger partial charge in [-0.05, 0) is 74.7 Å². The van der Waals surface area contributed by atoms with Crippen molar-refractivity contribution in [3.8, 4) is 17.2 Å². The molecular formula is C27H33NO3. The highest BCUT2D eigenvalue weighted by molar-refractivity contribution is 5.63. The van der Waals surface area contributed by atoms with Gasteiger partial charge in [0, 0.05) is 24.1 Å². The zero-order chi connectivity index (χ0) is 21.1. The molecule has 5 rings (SSSR count). The summed E-state index contributed by atoms with van der Waals surface area (Å²) >= 11 is 0. The van der Waals surface area contributed by atoms with Crippen molar-refractivity contribution in [2.24, 2.45) is 5.92 Å². The molecule has 1 atom stereocenters. The molecule has 1 unspecified atom stereocenters. The normalized spacial score (nSPS) is 24.0. The Morgan fingerprint density at radius 1 is 0.968 bits per heavy atom. The molecule has 31 heavy (non-hydrogen) atoms. The van der Waals surface area contributed by atoms with E-state index in [4.69, 9.17) is 9.47 Å². The van der Waals surface area contributed by atoms with Crippen molar-refractivity contribution in [2.45, 2.75) is 50.5 Å². The molecule has 0 amide bonds. The third-order valence-electron chi connectivity index (χ3n) is 7.18. The van der Waals surface area contributed by atoms with E-state index in [0.29, 0.717) is 5.92 Å². The smallest absolute Gasteiger partial charge is 0.155 e. The van der Waals surface area contributed by atoms with Gasteiger partial charge in [-0.15, -0.1) is 0 Å². The monoisotopic (exact) mass is 419 g/mol. The summed E-state index contributed by atoms with van der Waals surface area (Å²) in [4.78, 5) is 2.50. The first-order valence-electron chi connectivity index (χ1n) is 11.9. The number of hydrogen-bond acceptors (Lipinski definition) is 4. The molecule has 2 aromatic rings. The van der Waals surface area contributed by atoms with E-state index in [9.17, 15) is 5.11 Å². The van der Waals surface area contributed by atoms with Crippen LogP contribution in [-0.2, 0) is 5.60 Å². The molecule has 2 aromatic carbocycles. The zero-order valence-electron chi connectivity index (χ0n) is 18.3. The van der Waals surface area contributed by atoms with Gasteiger partial charge in [-0.2, -0.15) is 0 Å². The lowest BCUT2D eigenvalue weighted by Gasteiger charge is -2.40. The number of nitrogens with zero attached hydrogens (tertiary/aromatic N) is 1. The van der Waals surface area contributed by atoms with E-state index in [2.05, 4.69) is 41.3 Å². The lowest BCUT2D eigenvalue weighted by Crippen LogP contribution is -2.39. The second-order valence-electron chi connectivity index (χ2n) is 9.21. The number of benzene rings is 2. The Bertz CT molecular complexity index is 911. The maximum Gasteiger partial charge on any atom is 0.155 e. The topological polar surface area (TPSA) is 41.9 Å². The highest BCUT2D eigenvalue weighted by Crippen LogP contribution is 2.48. The molecule has 1 saturated heterocycles. The molecule has 4 heteroatoms. The number of ether oxygens (including phenoxy) is 2. The first-order chi connectivity index (χ1) is 15.2. The second-order valence-corrected chi connectivity index (χ2v) is 9.21. The SMILES string of the molecule is Oc1ccc2c(c1)OC(c1ccc(OCCN3CCCCC3)cc1)(C1CCCC1)C=C2. The van der Waals surface area contributed by atoms with E-state index in [1.807, 2.05) is 6.07 Å². The molecule has 0 bridgehead atoms. The third kappa shape index (κ3) is 4.31. The standard InChI is InChI=1S/C27H33NO3/c29-24-11-8-21-14-15-27(31-26(21)20-24,22-6-2-3-7-22)23-9-12-25(13-10-23)30-19-18-28-16-4-1-5-17-28/h8-15,20,22,29H,1-7,16-19H2. The molecular weight excluding hydrogens is 386 g/mol. The Labute approximate surface area is 185 Å². The van der Waals surface area contributed by atoms with Crippen LogP contribution in [-0.4, -0.2) is 36.2 Å². The van der Waals surface area contributed by atoms with Gasteiger partial charge in [-0.25, -0.2) is 0 Å². The van der Waals surface area contributed by atoms with Crippen LogP contribution in [0.2, 0.25) is 0 Å². The van der Waals surface area contributed by atoms with E-state index in [0.717, 1.165) is 48.6 Å². The van der Waals surface area contributed by atoms with Gasteiger partial charge in [0.1, 0.15) is 23.9 Å². The van der Waals surface area contributed by atoms with Gasteiger partial charge in [0.25, 0.3) is 0 Å². The number of rotatable bonds is 6. The summed E-state index contributed by atoms with van der Waals surface area (Å²) < 4.78 is 12.7. The Hall–Kier alpha value is -2.46. The maximum absolute atomic E-state index is 9.98. The van der Waals surface area contributed by atoms with E-state index >= 15 is 0 Å². The molecule has 4 nitrogen and oxygen atoms in total. The van der Waals surface area contributed by atoms with Crippen LogP contribution in [0, 0.1) is 5.92 Å². The average Bonchev–Trinajstić information content (AvgIpc) is 3.35. The van der Waals surface area contributed by atoms with Crippen LogP contribution in [0.3, 0.4) is 0 Å². The Kier molecular flexibility index (Phi) is 5.91. The number of likely N-dealkylation sites (tertiary alicyclic amines) is 1. The van der Waals surface area contributed by atoms with Gasteiger partial charge >= 0.3 is 0 Å². The molecule has 0 radical (unpaired) electrons. The lowest BCUT2D eigenvalue weighted by molar-refractivity contribution is 0.0515. The molecule has 1 aliphatic carbocycles. The summed E-state index contributed by atoms with van der Waals surface area (Å²) in [5, 5.41) is 9.98. The van der Waals surface area contributed by atoms with Crippen molar-refractivity contribution in [3.63, 3.8) is 0 Å². The van der Waals surface area contributed by atoms with Crippen molar-refractivity contribution >= 4 is 6.08 Å². The zero-order valence-corrected chi connectivity index (χ0v) is 18.3. The molecule has 2 aliphatic heterocycles. The maximum atomic E-state index is 9.98.